The van der Waals surface area contributed by atoms with Gasteiger partial charge in [0.1, 0.15) is 5.82 Å². The predicted octanol–water partition coefficient (Wildman–Crippen LogP) is 2.97. The van der Waals surface area contributed by atoms with Crippen LogP contribution in [-0.4, -0.2) is 31.3 Å². The first kappa shape index (κ1) is 19.7. The fourth-order valence-corrected chi connectivity index (χ4v) is 2.49. The highest BCUT2D eigenvalue weighted by atomic mass is 79.9. The van der Waals surface area contributed by atoms with Crippen LogP contribution in [0.2, 0.25) is 0 Å². The molecule has 2 N–H and O–H groups in total. The maximum Gasteiger partial charge on any atom is 0.230 e. The summed E-state index contributed by atoms with van der Waals surface area (Å²) >= 11 is 4.62. The zero-order valence-corrected chi connectivity index (χ0v) is 14.6. The van der Waals surface area contributed by atoms with Crippen LogP contribution in [0.15, 0.2) is 22.7 Å². The summed E-state index contributed by atoms with van der Waals surface area (Å²) in [5, 5.41) is 5.86. The Labute approximate surface area is 138 Å². The van der Waals surface area contributed by atoms with Crippen LogP contribution in [0.1, 0.15) is 12.5 Å². The number of likely N-dealkylation sites (N-methyl/N-ethyl adjacent to an activating group) is 1. The molecule has 0 spiro atoms. The molecule has 1 aromatic rings. The Kier molecular flexibility index (Phi) is 10.3. The normalized spacial score (nSPS) is 11.6. The molecule has 0 bridgehead atoms. The number of benzene rings is 1. The summed E-state index contributed by atoms with van der Waals surface area (Å²) in [4.78, 5) is 11.5. The molecule has 1 unspecified atom stereocenters. The molecule has 0 fully saturated rings. The van der Waals surface area contributed by atoms with Crippen molar-refractivity contribution in [3.8, 4) is 0 Å². The second-order valence-electron chi connectivity index (χ2n) is 4.22. The fourth-order valence-electron chi connectivity index (χ4n) is 1.31. The molecule has 1 rings (SSSR count). The summed E-state index contributed by atoms with van der Waals surface area (Å²) in [6.45, 7) is 2.59. The van der Waals surface area contributed by atoms with Crippen LogP contribution in [0.4, 0.5) is 4.39 Å². The predicted molar refractivity (Wildman–Crippen MR) is 89.0 cm³/mol. The number of thioether (sulfide) groups is 1. The first-order chi connectivity index (χ1) is 9.02. The number of hydrogen-bond acceptors (Lipinski definition) is 3. The minimum absolute atomic E-state index is 0. The summed E-state index contributed by atoms with van der Waals surface area (Å²) in [6.07, 6.45) is 0. The van der Waals surface area contributed by atoms with Crippen LogP contribution in [-0.2, 0) is 10.5 Å². The Morgan fingerprint density at radius 1 is 1.50 bits per heavy atom. The third kappa shape index (κ3) is 7.47. The number of halogens is 3. The van der Waals surface area contributed by atoms with Crippen LogP contribution in [0.5, 0.6) is 0 Å². The minimum Gasteiger partial charge on any atom is -0.354 e. The van der Waals surface area contributed by atoms with E-state index >= 15 is 0 Å². The lowest BCUT2D eigenvalue weighted by Crippen LogP contribution is -2.37. The lowest BCUT2D eigenvalue weighted by atomic mass is 10.2. The second-order valence-corrected chi connectivity index (χ2v) is 6.12. The molecule has 3 nitrogen and oxygen atoms in total. The summed E-state index contributed by atoms with van der Waals surface area (Å²) in [5.74, 6) is 0.566. The number of rotatable bonds is 7. The lowest BCUT2D eigenvalue weighted by Gasteiger charge is -2.11. The highest BCUT2D eigenvalue weighted by Crippen LogP contribution is 2.19. The first-order valence-electron chi connectivity index (χ1n) is 5.98. The van der Waals surface area contributed by atoms with Crippen LogP contribution >= 0.6 is 40.1 Å². The Hall–Kier alpha value is -0.300. The van der Waals surface area contributed by atoms with E-state index in [1.54, 1.807) is 12.1 Å². The van der Waals surface area contributed by atoms with Crippen molar-refractivity contribution in [1.29, 1.82) is 0 Å². The van der Waals surface area contributed by atoms with Crippen LogP contribution in [0.25, 0.3) is 0 Å². The molecule has 0 radical (unpaired) electrons. The van der Waals surface area contributed by atoms with E-state index < -0.39 is 0 Å². The van der Waals surface area contributed by atoms with Crippen molar-refractivity contribution in [1.82, 2.24) is 10.6 Å². The van der Waals surface area contributed by atoms with Crippen molar-refractivity contribution < 1.29 is 9.18 Å². The van der Waals surface area contributed by atoms with Gasteiger partial charge in [-0.3, -0.25) is 4.79 Å². The molecule has 7 heteroatoms. The average Bonchev–Trinajstić information content (AvgIpc) is 2.38. The second kappa shape index (κ2) is 10.4. The van der Waals surface area contributed by atoms with Crippen LogP contribution in [0, 0.1) is 5.82 Å². The Bertz CT molecular complexity index is 437. The zero-order valence-electron chi connectivity index (χ0n) is 11.4. The summed E-state index contributed by atoms with van der Waals surface area (Å²) in [5.41, 5.74) is 0.615. The van der Waals surface area contributed by atoms with E-state index in [-0.39, 0.29) is 30.2 Å². The molecule has 0 saturated heterocycles. The van der Waals surface area contributed by atoms with E-state index in [0.29, 0.717) is 23.6 Å². The van der Waals surface area contributed by atoms with Crippen molar-refractivity contribution in [2.45, 2.75) is 18.7 Å². The molecule has 1 aromatic carbocycles. The van der Waals surface area contributed by atoms with Gasteiger partial charge in [-0.05, 0) is 31.7 Å². The van der Waals surface area contributed by atoms with Crippen molar-refractivity contribution in [3.05, 3.63) is 34.1 Å². The molecule has 114 valence electrons. The van der Waals surface area contributed by atoms with E-state index in [4.69, 9.17) is 0 Å². The van der Waals surface area contributed by atoms with Crippen molar-refractivity contribution in [2.24, 2.45) is 0 Å². The molecule has 0 aliphatic heterocycles. The molecule has 20 heavy (non-hydrogen) atoms. The van der Waals surface area contributed by atoms with Crippen molar-refractivity contribution >= 4 is 46.0 Å². The average molecular weight is 386 g/mol. The third-order valence-corrected chi connectivity index (χ3v) is 4.08. The van der Waals surface area contributed by atoms with Gasteiger partial charge in [-0.25, -0.2) is 4.39 Å². The van der Waals surface area contributed by atoms with Crippen molar-refractivity contribution in [3.63, 3.8) is 0 Å². The van der Waals surface area contributed by atoms with Gasteiger partial charge in [0.25, 0.3) is 0 Å². The highest BCUT2D eigenvalue weighted by Gasteiger charge is 2.06. The van der Waals surface area contributed by atoms with Crippen molar-refractivity contribution in [2.75, 3.05) is 19.3 Å². The monoisotopic (exact) mass is 384 g/mol. The van der Waals surface area contributed by atoms with E-state index in [9.17, 15) is 9.18 Å². The maximum absolute atomic E-state index is 13.5. The smallest absolute Gasteiger partial charge is 0.230 e. The highest BCUT2D eigenvalue weighted by molar-refractivity contribution is 9.10. The van der Waals surface area contributed by atoms with Gasteiger partial charge in [0.2, 0.25) is 5.91 Å². The minimum atomic E-state index is -0.244. The van der Waals surface area contributed by atoms with Gasteiger partial charge < -0.3 is 10.6 Å². The van der Waals surface area contributed by atoms with Gasteiger partial charge in [0.05, 0.1) is 5.75 Å². The molecule has 0 saturated carbocycles. The van der Waals surface area contributed by atoms with E-state index in [2.05, 4.69) is 26.6 Å². The van der Waals surface area contributed by atoms with Crippen LogP contribution in [0.3, 0.4) is 0 Å². The molecular formula is C13H19BrClFN2OS. The van der Waals surface area contributed by atoms with Gasteiger partial charge in [-0.2, -0.15) is 0 Å². The lowest BCUT2D eigenvalue weighted by molar-refractivity contribution is -0.118. The zero-order chi connectivity index (χ0) is 14.3. The maximum atomic E-state index is 13.5. The quantitative estimate of drug-likeness (QED) is 0.758. The van der Waals surface area contributed by atoms with Gasteiger partial charge in [0, 0.05) is 22.8 Å². The number of carbonyl (C=O) groups excluding carboxylic acids is 1. The molecule has 0 aromatic heterocycles. The van der Waals surface area contributed by atoms with Gasteiger partial charge in [-0.15, -0.1) is 24.2 Å². The molecule has 0 aliphatic carbocycles. The number of amides is 1. The molecular weight excluding hydrogens is 367 g/mol. The third-order valence-electron chi connectivity index (χ3n) is 2.60. The number of carbonyl (C=O) groups is 1. The largest absolute Gasteiger partial charge is 0.354 e. The summed E-state index contributed by atoms with van der Waals surface area (Å²) in [7, 11) is 1.85. The summed E-state index contributed by atoms with van der Waals surface area (Å²) < 4.78 is 14.2. The topological polar surface area (TPSA) is 41.1 Å². The SMILES string of the molecule is CNC(C)CNC(=O)CSCc1ccc(Br)cc1F.Cl. The molecule has 0 aliphatic rings. The molecule has 0 heterocycles. The van der Waals surface area contributed by atoms with Crippen LogP contribution < -0.4 is 10.6 Å². The summed E-state index contributed by atoms with van der Waals surface area (Å²) in [6, 6.07) is 5.21. The van der Waals surface area contributed by atoms with E-state index in [1.807, 2.05) is 14.0 Å². The van der Waals surface area contributed by atoms with Gasteiger partial charge >= 0.3 is 0 Å². The van der Waals surface area contributed by atoms with E-state index in [1.165, 1.54) is 17.8 Å². The molecule has 1 amide bonds. The first-order valence-corrected chi connectivity index (χ1v) is 7.93. The Morgan fingerprint density at radius 3 is 2.80 bits per heavy atom. The Morgan fingerprint density at radius 2 is 2.20 bits per heavy atom. The number of hydrogen-bond donors (Lipinski definition) is 2. The van der Waals surface area contributed by atoms with Gasteiger partial charge in [0.15, 0.2) is 0 Å². The van der Waals surface area contributed by atoms with E-state index in [0.717, 1.165) is 4.47 Å². The fraction of sp³-hybridized carbons (Fsp3) is 0.462. The Balaban J connectivity index is 0.00000361. The standard InChI is InChI=1S/C13H18BrFN2OS.ClH/c1-9(16-2)6-17-13(18)8-19-7-10-3-4-11(14)5-12(10)15;/h3-5,9,16H,6-8H2,1-2H3,(H,17,18);1H. The van der Waals surface area contributed by atoms with Gasteiger partial charge in [-0.1, -0.05) is 22.0 Å². The molecule has 1 atom stereocenters. The number of nitrogens with one attached hydrogen (secondary N) is 2.